The Morgan fingerprint density at radius 2 is 1.70 bits per heavy atom. The average Bonchev–Trinajstić information content (AvgIpc) is 2.60. The van der Waals surface area contributed by atoms with Crippen molar-refractivity contribution in [2.24, 2.45) is 23.7 Å². The number of piperidine rings is 3. The fraction of sp³-hybridized carbons (Fsp3) is 0.958. The molecule has 154 valence electrons. The maximum absolute atomic E-state index is 12.2. The normalized spacial score (nSPS) is 45.9. The molecule has 1 aliphatic carbocycles. The van der Waals surface area contributed by atoms with Gasteiger partial charge in [0.1, 0.15) is 0 Å². The van der Waals surface area contributed by atoms with Gasteiger partial charge in [-0.1, -0.05) is 20.3 Å². The molecule has 0 aromatic carbocycles. The van der Waals surface area contributed by atoms with Crippen LogP contribution in [0.15, 0.2) is 0 Å². The summed E-state index contributed by atoms with van der Waals surface area (Å²) >= 11 is 0. The molecule has 1 amide bonds. The molecule has 3 saturated heterocycles. The molecule has 4 fully saturated rings. The smallest absolute Gasteiger partial charge is 0.219 e. The lowest BCUT2D eigenvalue weighted by Gasteiger charge is -2.54. The highest BCUT2D eigenvalue weighted by atomic mass is 16.2. The Morgan fingerprint density at radius 1 is 0.926 bits per heavy atom. The summed E-state index contributed by atoms with van der Waals surface area (Å²) < 4.78 is 0. The third-order valence-electron chi connectivity index (χ3n) is 8.61. The number of fused-ring (bicyclic) bond motifs is 2. The van der Waals surface area contributed by atoms with Crippen LogP contribution in [-0.2, 0) is 4.79 Å². The summed E-state index contributed by atoms with van der Waals surface area (Å²) in [5.41, 5.74) is 0. The van der Waals surface area contributed by atoms with Crippen molar-refractivity contribution in [1.29, 1.82) is 0 Å². The van der Waals surface area contributed by atoms with Gasteiger partial charge in [-0.3, -0.25) is 9.69 Å². The fourth-order valence-corrected chi connectivity index (χ4v) is 7.80. The van der Waals surface area contributed by atoms with Crippen LogP contribution in [0.25, 0.3) is 0 Å². The summed E-state index contributed by atoms with van der Waals surface area (Å²) in [4.78, 5) is 17.4. The van der Waals surface area contributed by atoms with Gasteiger partial charge in [0.2, 0.25) is 5.91 Å². The van der Waals surface area contributed by atoms with Gasteiger partial charge in [0.05, 0.1) is 0 Å². The van der Waals surface area contributed by atoms with E-state index in [1.807, 2.05) is 0 Å². The Bertz CT molecular complexity index is 534. The van der Waals surface area contributed by atoms with Gasteiger partial charge in [-0.05, 0) is 88.4 Å². The van der Waals surface area contributed by atoms with Crippen molar-refractivity contribution in [1.82, 2.24) is 9.80 Å². The molecule has 8 atom stereocenters. The zero-order valence-electron chi connectivity index (χ0n) is 18.2. The standard InChI is InChI=1S/C24H42N2O/c1-16-11-18(3)26-21(13-16)7-5-8-22(26)15-20-12-17(2)14-24-23(20)9-6-10-25(24)19(4)27/h16-18,20-24H,5-15H2,1-4H3. The van der Waals surface area contributed by atoms with Crippen LogP contribution in [0.1, 0.15) is 91.9 Å². The topological polar surface area (TPSA) is 23.6 Å². The molecule has 0 N–H and O–H groups in total. The molecule has 0 spiro atoms. The molecule has 3 heterocycles. The van der Waals surface area contributed by atoms with E-state index < -0.39 is 0 Å². The van der Waals surface area contributed by atoms with E-state index in [0.29, 0.717) is 11.9 Å². The molecule has 27 heavy (non-hydrogen) atoms. The van der Waals surface area contributed by atoms with Crippen LogP contribution in [0, 0.1) is 23.7 Å². The summed E-state index contributed by atoms with van der Waals surface area (Å²) in [5, 5.41) is 0. The average molecular weight is 375 g/mol. The highest BCUT2D eigenvalue weighted by Crippen LogP contribution is 2.46. The molecule has 3 heteroatoms. The number of hydrogen-bond acceptors (Lipinski definition) is 2. The van der Waals surface area contributed by atoms with Crippen molar-refractivity contribution in [3.05, 3.63) is 0 Å². The number of hydrogen-bond donors (Lipinski definition) is 0. The van der Waals surface area contributed by atoms with E-state index in [4.69, 9.17) is 0 Å². The first kappa shape index (κ1) is 19.7. The Kier molecular flexibility index (Phi) is 5.88. The minimum Gasteiger partial charge on any atom is -0.340 e. The summed E-state index contributed by atoms with van der Waals surface area (Å²) in [5.74, 6) is 3.58. The third-order valence-corrected chi connectivity index (χ3v) is 8.61. The second kappa shape index (κ2) is 8.05. The SMILES string of the molecule is CC(=O)N1CCCC2C(CC3CCCC4CC(C)CC(C)N43)CC(C)CC21. The molecule has 4 rings (SSSR count). The zero-order chi connectivity index (χ0) is 19.1. The molecule has 0 aromatic rings. The van der Waals surface area contributed by atoms with Gasteiger partial charge in [0, 0.05) is 37.6 Å². The van der Waals surface area contributed by atoms with E-state index >= 15 is 0 Å². The lowest BCUT2D eigenvalue weighted by molar-refractivity contribution is -0.137. The second-order valence-corrected chi connectivity index (χ2v) is 10.8. The van der Waals surface area contributed by atoms with Gasteiger partial charge in [0.15, 0.2) is 0 Å². The summed E-state index contributed by atoms with van der Waals surface area (Å²) in [7, 11) is 0. The maximum Gasteiger partial charge on any atom is 0.219 e. The molecule has 0 aromatic heterocycles. The van der Waals surface area contributed by atoms with Crippen LogP contribution in [0.3, 0.4) is 0 Å². The van der Waals surface area contributed by atoms with E-state index in [9.17, 15) is 4.79 Å². The minimum atomic E-state index is 0.314. The van der Waals surface area contributed by atoms with E-state index in [1.54, 1.807) is 6.92 Å². The highest BCUT2D eigenvalue weighted by molar-refractivity contribution is 5.73. The van der Waals surface area contributed by atoms with Gasteiger partial charge in [0.25, 0.3) is 0 Å². The predicted molar refractivity (Wildman–Crippen MR) is 112 cm³/mol. The van der Waals surface area contributed by atoms with Crippen LogP contribution >= 0.6 is 0 Å². The lowest BCUT2D eigenvalue weighted by Crippen LogP contribution is -2.57. The maximum atomic E-state index is 12.2. The molecule has 3 aliphatic heterocycles. The Balaban J connectivity index is 1.49. The van der Waals surface area contributed by atoms with Crippen molar-refractivity contribution in [3.8, 4) is 0 Å². The molecule has 8 unspecified atom stereocenters. The van der Waals surface area contributed by atoms with Crippen molar-refractivity contribution in [3.63, 3.8) is 0 Å². The Hall–Kier alpha value is -0.570. The first-order valence-corrected chi connectivity index (χ1v) is 12.0. The van der Waals surface area contributed by atoms with Gasteiger partial charge in [-0.2, -0.15) is 0 Å². The molecular weight excluding hydrogens is 332 g/mol. The highest BCUT2D eigenvalue weighted by Gasteiger charge is 2.45. The van der Waals surface area contributed by atoms with Gasteiger partial charge in [-0.25, -0.2) is 0 Å². The van der Waals surface area contributed by atoms with Crippen LogP contribution in [0.2, 0.25) is 0 Å². The zero-order valence-corrected chi connectivity index (χ0v) is 18.2. The largest absolute Gasteiger partial charge is 0.340 e. The first-order chi connectivity index (χ1) is 12.9. The van der Waals surface area contributed by atoms with Gasteiger partial charge in [-0.15, -0.1) is 0 Å². The van der Waals surface area contributed by atoms with E-state index in [2.05, 4.69) is 30.6 Å². The van der Waals surface area contributed by atoms with Gasteiger partial charge >= 0.3 is 0 Å². The van der Waals surface area contributed by atoms with Crippen molar-refractivity contribution in [2.45, 2.75) is 116 Å². The van der Waals surface area contributed by atoms with Crippen molar-refractivity contribution in [2.75, 3.05) is 6.54 Å². The van der Waals surface area contributed by atoms with E-state index in [0.717, 1.165) is 48.3 Å². The van der Waals surface area contributed by atoms with E-state index in [-0.39, 0.29) is 0 Å². The molecule has 0 radical (unpaired) electrons. The molecule has 3 nitrogen and oxygen atoms in total. The number of carbonyl (C=O) groups excluding carboxylic acids is 1. The monoisotopic (exact) mass is 374 g/mol. The number of nitrogens with zero attached hydrogens (tertiary/aromatic N) is 2. The second-order valence-electron chi connectivity index (χ2n) is 10.8. The number of rotatable bonds is 2. The summed E-state index contributed by atoms with van der Waals surface area (Å²) in [6, 6.07) is 2.94. The van der Waals surface area contributed by atoms with Crippen LogP contribution in [-0.4, -0.2) is 46.4 Å². The Morgan fingerprint density at radius 3 is 2.48 bits per heavy atom. The van der Waals surface area contributed by atoms with Crippen molar-refractivity contribution >= 4 is 5.91 Å². The van der Waals surface area contributed by atoms with Gasteiger partial charge < -0.3 is 4.90 Å². The molecular formula is C24H42N2O. The molecule has 0 bridgehead atoms. The quantitative estimate of drug-likeness (QED) is 0.672. The molecule has 1 saturated carbocycles. The van der Waals surface area contributed by atoms with Crippen molar-refractivity contribution < 1.29 is 4.79 Å². The summed E-state index contributed by atoms with van der Waals surface area (Å²) in [6.45, 7) is 10.2. The van der Waals surface area contributed by atoms with E-state index in [1.165, 1.54) is 64.2 Å². The minimum absolute atomic E-state index is 0.314. The molecule has 4 aliphatic rings. The Labute approximate surface area is 167 Å². The number of likely N-dealkylation sites (tertiary alicyclic amines) is 1. The first-order valence-electron chi connectivity index (χ1n) is 12.0. The number of carbonyl (C=O) groups is 1. The predicted octanol–water partition coefficient (Wildman–Crippen LogP) is 5.09. The number of amides is 1. The van der Waals surface area contributed by atoms with Crippen LogP contribution < -0.4 is 0 Å². The lowest BCUT2D eigenvalue weighted by atomic mass is 9.65. The van der Waals surface area contributed by atoms with Crippen LogP contribution in [0.5, 0.6) is 0 Å². The fourth-order valence-electron chi connectivity index (χ4n) is 7.80. The van der Waals surface area contributed by atoms with Crippen LogP contribution in [0.4, 0.5) is 0 Å². The summed E-state index contributed by atoms with van der Waals surface area (Å²) in [6.07, 6.45) is 13.7. The third kappa shape index (κ3) is 3.95.